The number of nitrogens with two attached hydrogens (primary N) is 1. The molecule has 21 heavy (non-hydrogen) atoms. The largest absolute Gasteiger partial charge is 0.302 e. The topological polar surface area (TPSA) is 41.3 Å². The van der Waals surface area contributed by atoms with Crippen LogP contribution in [0.2, 0.25) is 0 Å². The minimum absolute atomic E-state index is 0.192. The Balaban J connectivity index is 2.16. The van der Waals surface area contributed by atoms with Crippen molar-refractivity contribution in [2.24, 2.45) is 11.8 Å². The molecule has 0 saturated heterocycles. The molecule has 0 aliphatic heterocycles. The highest BCUT2D eigenvalue weighted by molar-refractivity contribution is 7.11. The maximum atomic E-state index is 5.98. The number of rotatable bonds is 6. The second-order valence-electron chi connectivity index (χ2n) is 6.83. The van der Waals surface area contributed by atoms with Crippen molar-refractivity contribution in [1.29, 1.82) is 0 Å². The van der Waals surface area contributed by atoms with Crippen molar-refractivity contribution in [3.05, 3.63) is 21.9 Å². The molecule has 2 rings (SSSR count). The lowest BCUT2D eigenvalue weighted by molar-refractivity contribution is 0.0437. The zero-order valence-electron chi connectivity index (χ0n) is 14.0. The van der Waals surface area contributed by atoms with E-state index in [0.29, 0.717) is 6.04 Å². The van der Waals surface area contributed by atoms with E-state index in [2.05, 4.69) is 50.4 Å². The van der Waals surface area contributed by atoms with Gasteiger partial charge in [0.2, 0.25) is 0 Å². The third kappa shape index (κ3) is 3.67. The van der Waals surface area contributed by atoms with Gasteiger partial charge in [-0.05, 0) is 64.3 Å². The normalized spacial score (nSPS) is 28.0. The standard InChI is InChI=1S/C17H31N3S/c1-5-14-6-7-15(21-14)12-16(19-18)17(20(3)4)10-8-13(2)9-11-17/h6-7,13,16,19H,5,8-12,18H2,1-4H3. The number of hydrogen-bond donors (Lipinski definition) is 2. The van der Waals surface area contributed by atoms with Gasteiger partial charge >= 0.3 is 0 Å². The molecule has 3 N–H and O–H groups in total. The SMILES string of the molecule is CCc1ccc(CC(NN)C2(N(C)C)CCC(C)CC2)s1. The minimum Gasteiger partial charge on any atom is -0.302 e. The molecule has 1 unspecified atom stereocenters. The number of hydrogen-bond acceptors (Lipinski definition) is 4. The van der Waals surface area contributed by atoms with E-state index < -0.39 is 0 Å². The van der Waals surface area contributed by atoms with Gasteiger partial charge in [-0.2, -0.15) is 0 Å². The van der Waals surface area contributed by atoms with E-state index in [0.717, 1.165) is 18.8 Å². The van der Waals surface area contributed by atoms with E-state index in [1.165, 1.54) is 35.4 Å². The molecule has 0 spiro atoms. The summed E-state index contributed by atoms with van der Waals surface area (Å²) >= 11 is 1.94. The van der Waals surface area contributed by atoms with E-state index in [1.54, 1.807) is 0 Å². The smallest absolute Gasteiger partial charge is 0.0442 e. The van der Waals surface area contributed by atoms with Crippen molar-refractivity contribution >= 4 is 11.3 Å². The molecule has 0 radical (unpaired) electrons. The molecule has 4 heteroatoms. The van der Waals surface area contributed by atoms with E-state index in [-0.39, 0.29) is 5.54 Å². The van der Waals surface area contributed by atoms with Crippen molar-refractivity contribution in [3.63, 3.8) is 0 Å². The van der Waals surface area contributed by atoms with Crippen LogP contribution in [0.1, 0.15) is 49.3 Å². The highest BCUT2D eigenvalue weighted by Crippen LogP contribution is 2.39. The molecule has 1 fully saturated rings. The Labute approximate surface area is 133 Å². The third-order valence-electron chi connectivity index (χ3n) is 5.35. The van der Waals surface area contributed by atoms with Crippen molar-refractivity contribution in [2.45, 2.75) is 64.0 Å². The fraction of sp³-hybridized carbons (Fsp3) is 0.765. The van der Waals surface area contributed by atoms with Crippen LogP contribution in [0.4, 0.5) is 0 Å². The van der Waals surface area contributed by atoms with Crippen molar-refractivity contribution in [2.75, 3.05) is 14.1 Å². The lowest BCUT2D eigenvalue weighted by Gasteiger charge is -2.49. The summed E-state index contributed by atoms with van der Waals surface area (Å²) in [5.74, 6) is 6.83. The predicted molar refractivity (Wildman–Crippen MR) is 92.6 cm³/mol. The molecule has 1 heterocycles. The van der Waals surface area contributed by atoms with Crippen LogP contribution < -0.4 is 11.3 Å². The van der Waals surface area contributed by atoms with Crippen molar-refractivity contribution in [3.8, 4) is 0 Å². The Morgan fingerprint density at radius 2 is 1.95 bits per heavy atom. The summed E-state index contributed by atoms with van der Waals surface area (Å²) in [4.78, 5) is 5.34. The number of nitrogens with one attached hydrogen (secondary N) is 1. The Kier molecular flexibility index (Phi) is 5.83. The average molecular weight is 310 g/mol. The zero-order valence-corrected chi connectivity index (χ0v) is 14.8. The minimum atomic E-state index is 0.192. The Bertz CT molecular complexity index is 433. The van der Waals surface area contributed by atoms with E-state index in [4.69, 9.17) is 5.84 Å². The molecular weight excluding hydrogens is 278 g/mol. The van der Waals surface area contributed by atoms with Crippen LogP contribution in [0, 0.1) is 5.92 Å². The summed E-state index contributed by atoms with van der Waals surface area (Å²) in [5.41, 5.74) is 3.34. The Morgan fingerprint density at radius 3 is 2.43 bits per heavy atom. The molecule has 120 valence electrons. The van der Waals surface area contributed by atoms with E-state index in [1.807, 2.05) is 11.3 Å². The maximum absolute atomic E-state index is 5.98. The predicted octanol–water partition coefficient (Wildman–Crippen LogP) is 3.20. The van der Waals surface area contributed by atoms with Crippen LogP contribution in [-0.4, -0.2) is 30.6 Å². The third-order valence-corrected chi connectivity index (χ3v) is 6.60. The quantitative estimate of drug-likeness (QED) is 0.626. The molecule has 0 amide bonds. The van der Waals surface area contributed by atoms with Gasteiger partial charge < -0.3 is 4.90 Å². The molecule has 1 aliphatic rings. The molecule has 1 atom stereocenters. The number of nitrogens with zero attached hydrogens (tertiary/aromatic N) is 1. The number of hydrazine groups is 1. The average Bonchev–Trinajstić information content (AvgIpc) is 2.93. The lowest BCUT2D eigenvalue weighted by atomic mass is 9.71. The summed E-state index contributed by atoms with van der Waals surface area (Å²) in [6.07, 6.45) is 7.25. The maximum Gasteiger partial charge on any atom is 0.0442 e. The number of thiophene rings is 1. The molecule has 1 aromatic heterocycles. The van der Waals surface area contributed by atoms with Gasteiger partial charge in [0.1, 0.15) is 0 Å². The summed E-state index contributed by atoms with van der Waals surface area (Å²) < 4.78 is 0. The van der Waals surface area contributed by atoms with Gasteiger partial charge in [-0.15, -0.1) is 11.3 Å². The van der Waals surface area contributed by atoms with Crippen molar-refractivity contribution < 1.29 is 0 Å². The highest BCUT2D eigenvalue weighted by Gasteiger charge is 2.42. The fourth-order valence-electron chi connectivity index (χ4n) is 3.70. The number of likely N-dealkylation sites (N-methyl/N-ethyl adjacent to an activating group) is 1. The van der Waals surface area contributed by atoms with Gasteiger partial charge in [-0.1, -0.05) is 13.8 Å². The summed E-state index contributed by atoms with van der Waals surface area (Å²) in [6.45, 7) is 4.59. The highest BCUT2D eigenvalue weighted by atomic mass is 32.1. The first-order valence-electron chi connectivity index (χ1n) is 8.23. The first-order chi connectivity index (χ1) is 10.0. The first kappa shape index (κ1) is 16.9. The van der Waals surface area contributed by atoms with Crippen LogP contribution in [0.25, 0.3) is 0 Å². The lowest BCUT2D eigenvalue weighted by Crippen LogP contribution is -2.62. The molecule has 0 bridgehead atoms. The molecule has 0 aromatic carbocycles. The summed E-state index contributed by atoms with van der Waals surface area (Å²) in [7, 11) is 4.43. The van der Waals surface area contributed by atoms with Gasteiger partial charge in [0.05, 0.1) is 0 Å². The van der Waals surface area contributed by atoms with Gasteiger partial charge in [0, 0.05) is 27.8 Å². The van der Waals surface area contributed by atoms with Crippen LogP contribution in [0.5, 0.6) is 0 Å². The Morgan fingerprint density at radius 1 is 1.33 bits per heavy atom. The molecule has 1 aromatic rings. The summed E-state index contributed by atoms with van der Waals surface area (Å²) in [6, 6.07) is 4.87. The van der Waals surface area contributed by atoms with Crippen molar-refractivity contribution in [1.82, 2.24) is 10.3 Å². The molecule has 1 aliphatic carbocycles. The van der Waals surface area contributed by atoms with Gasteiger partial charge in [-0.25, -0.2) is 0 Å². The van der Waals surface area contributed by atoms with Gasteiger partial charge in [0.25, 0.3) is 0 Å². The van der Waals surface area contributed by atoms with Crippen LogP contribution in [0.3, 0.4) is 0 Å². The number of aryl methyl sites for hydroxylation is 1. The second kappa shape index (κ2) is 7.23. The molecule has 3 nitrogen and oxygen atoms in total. The van der Waals surface area contributed by atoms with Crippen LogP contribution in [0.15, 0.2) is 12.1 Å². The van der Waals surface area contributed by atoms with Crippen LogP contribution >= 0.6 is 11.3 Å². The fourth-order valence-corrected chi connectivity index (χ4v) is 4.70. The molecular formula is C17H31N3S. The monoisotopic (exact) mass is 309 g/mol. The Hall–Kier alpha value is -0.420. The van der Waals surface area contributed by atoms with Gasteiger partial charge in [0.15, 0.2) is 0 Å². The zero-order chi connectivity index (χ0) is 15.5. The second-order valence-corrected chi connectivity index (χ2v) is 8.08. The molecule has 1 saturated carbocycles. The van der Waals surface area contributed by atoms with E-state index >= 15 is 0 Å². The van der Waals surface area contributed by atoms with Crippen LogP contribution in [-0.2, 0) is 12.8 Å². The first-order valence-corrected chi connectivity index (χ1v) is 9.04. The van der Waals surface area contributed by atoms with Gasteiger partial charge in [-0.3, -0.25) is 11.3 Å². The summed E-state index contributed by atoms with van der Waals surface area (Å²) in [5, 5.41) is 0. The van der Waals surface area contributed by atoms with E-state index in [9.17, 15) is 0 Å².